The third-order valence-corrected chi connectivity index (χ3v) is 19.6. The fourth-order valence-electron chi connectivity index (χ4n) is 12.2. The Morgan fingerprint density at radius 2 is 0.724 bits per heavy atom. The van der Waals surface area contributed by atoms with Crippen molar-refractivity contribution in [2.75, 3.05) is 45.1 Å². The number of nitrogens with zero attached hydrogens (tertiary/aromatic N) is 30. The van der Waals surface area contributed by atoms with Gasteiger partial charge in [-0.1, -0.05) is 92.8 Å². The average Bonchev–Trinajstić information content (AvgIpc) is 1.46. The minimum Gasteiger partial charge on any atom is -0.498 e. The molecule has 16 aromatic rings. The minimum atomic E-state index is -4.64. The molecule has 0 aliphatic carbocycles. The number of pyridine rings is 8. The summed E-state index contributed by atoms with van der Waals surface area (Å²) in [5, 5.41) is 48.5. The van der Waals surface area contributed by atoms with Crippen molar-refractivity contribution in [3.05, 3.63) is 328 Å². The molecule has 0 saturated heterocycles. The van der Waals surface area contributed by atoms with E-state index in [4.69, 9.17) is 38.4 Å². The molecule has 16 aromatic heterocycles. The van der Waals surface area contributed by atoms with Crippen LogP contribution in [0.15, 0.2) is 152 Å². The number of alkyl halides is 6. The van der Waals surface area contributed by atoms with Crippen molar-refractivity contribution in [3.63, 3.8) is 0 Å². The predicted molar refractivity (Wildman–Crippen MR) is 437 cm³/mol. The monoisotopic (exact) mass is 2550 g/mol. The number of rotatable bonds is 19. The van der Waals surface area contributed by atoms with Gasteiger partial charge >= 0.3 is 108 Å². The fourth-order valence-corrected chi connectivity index (χ4v) is 12.2. The van der Waals surface area contributed by atoms with E-state index in [9.17, 15) is 52.7 Å². The zero-order chi connectivity index (χ0) is 93.9. The summed E-state index contributed by atoms with van der Waals surface area (Å²) in [6, 6.07) is 39.2. The van der Waals surface area contributed by atoms with E-state index in [1.165, 1.54) is 51.8 Å². The van der Waals surface area contributed by atoms with Crippen LogP contribution >= 0.6 is 0 Å². The Hall–Kier alpha value is -13.8. The van der Waals surface area contributed by atoms with Gasteiger partial charge in [-0.2, -0.15) is 26.3 Å². The van der Waals surface area contributed by atoms with Gasteiger partial charge in [0, 0.05) is 107 Å². The molecule has 0 saturated carbocycles. The van der Waals surface area contributed by atoms with Crippen LogP contribution in [0.3, 0.4) is 0 Å². The number of anilines is 2. The molecule has 16 heterocycles. The molecule has 47 heteroatoms. The smallest absolute Gasteiger partial charge is 0.498 e. The van der Waals surface area contributed by atoms with Crippen LogP contribution in [0.1, 0.15) is 124 Å². The van der Waals surface area contributed by atoms with Crippen LogP contribution in [-0.2, 0) is 118 Å². The summed E-state index contributed by atoms with van der Waals surface area (Å²) in [6.45, 7) is 28.4. The maximum Gasteiger partial charge on any atom is 2.00 e. The third-order valence-electron chi connectivity index (χ3n) is 19.6. The van der Waals surface area contributed by atoms with Gasteiger partial charge in [0.2, 0.25) is 0 Å². The van der Waals surface area contributed by atoms with Crippen molar-refractivity contribution >= 4 is 23.0 Å². The molecule has 0 amide bonds. The van der Waals surface area contributed by atoms with Gasteiger partial charge in [0.15, 0.2) is 5.82 Å². The average molecular weight is 2550 g/mol. The summed E-state index contributed by atoms with van der Waals surface area (Å²) in [4.78, 5) is 46.1. The number of halogens is 12. The van der Waals surface area contributed by atoms with E-state index in [1.807, 2.05) is 57.1 Å². The zero-order valence-electron chi connectivity index (χ0n) is 71.6. The number of hydrogen-bond acceptors (Lipinski definition) is 21. The number of hydrogen-bond donors (Lipinski definition) is 0. The van der Waals surface area contributed by atoms with Gasteiger partial charge in [0.05, 0.1) is 94.3 Å². The van der Waals surface area contributed by atoms with Crippen molar-refractivity contribution in [2.45, 2.75) is 89.4 Å². The largest absolute Gasteiger partial charge is 2.00 e. The van der Waals surface area contributed by atoms with Crippen molar-refractivity contribution in [2.24, 2.45) is 0 Å². The molecule has 0 aliphatic rings. The van der Waals surface area contributed by atoms with E-state index in [0.29, 0.717) is 51.7 Å². The minimum absolute atomic E-state index is 0. The number of nitriles is 2. The molecular formula is C87H64F12N30OPt4. The Balaban J connectivity index is 0.000000199. The summed E-state index contributed by atoms with van der Waals surface area (Å²) >= 11 is 0. The van der Waals surface area contributed by atoms with Gasteiger partial charge in [-0.25, -0.2) is 57.8 Å². The van der Waals surface area contributed by atoms with Gasteiger partial charge in [-0.3, -0.25) is 58.9 Å². The van der Waals surface area contributed by atoms with Crippen molar-refractivity contribution in [3.8, 4) is 64.4 Å². The van der Waals surface area contributed by atoms with Crippen LogP contribution in [-0.4, -0.2) is 153 Å². The Morgan fingerprint density at radius 1 is 0.358 bits per heavy atom. The second-order valence-electron chi connectivity index (χ2n) is 30.4. The quantitative estimate of drug-likeness (QED) is 0.0536. The van der Waals surface area contributed by atoms with Gasteiger partial charge in [-0.05, 0) is 145 Å². The molecule has 0 aliphatic heterocycles. The Labute approximate surface area is 813 Å². The molecule has 0 bridgehead atoms. The van der Waals surface area contributed by atoms with E-state index in [-0.39, 0.29) is 148 Å². The normalized spacial score (nSPS) is 11.4. The molecular weight excluding hydrogens is 2490 g/mol. The molecule has 0 spiro atoms. The first-order valence-electron chi connectivity index (χ1n) is 38.0. The molecule has 31 nitrogen and oxygen atoms in total. The number of ether oxygens (including phenoxy) is 1. The Bertz CT molecular complexity index is 7080. The van der Waals surface area contributed by atoms with Crippen LogP contribution in [0.25, 0.3) is 56.2 Å². The topological polar surface area (TPSA) is 318 Å². The maximum atomic E-state index is 14.6. The number of aromatic nitrogens is 24. The van der Waals surface area contributed by atoms with E-state index >= 15 is 0 Å². The molecule has 0 unspecified atom stereocenters. The van der Waals surface area contributed by atoms with Gasteiger partial charge in [0.25, 0.3) is 0 Å². The van der Waals surface area contributed by atoms with E-state index < -0.39 is 86.4 Å². The van der Waals surface area contributed by atoms with E-state index in [0.717, 1.165) is 81.9 Å². The molecule has 0 aromatic carbocycles. The second kappa shape index (κ2) is 41.9. The van der Waals surface area contributed by atoms with Gasteiger partial charge in [0.1, 0.15) is 35.1 Å². The molecule has 692 valence electrons. The second-order valence-corrected chi connectivity index (χ2v) is 30.4. The summed E-state index contributed by atoms with van der Waals surface area (Å²) < 4.78 is 177. The van der Waals surface area contributed by atoms with Gasteiger partial charge < -0.3 is 52.3 Å². The summed E-state index contributed by atoms with van der Waals surface area (Å²) in [7, 11) is 8.97. The van der Waals surface area contributed by atoms with Crippen LogP contribution in [0, 0.1) is 121 Å². The summed E-state index contributed by atoms with van der Waals surface area (Å²) in [6.07, 6.45) is 11.8. The van der Waals surface area contributed by atoms with Crippen molar-refractivity contribution < 1.29 is 142 Å². The standard InChI is InChI=1S/C24H21N9O.C23H19F6N7.C21H11F3N8.C19H13F3N6.4Pt/c1-24(2,20-13-18(34-6)14-23(28-20)33-10-8-21(26-3)30-33)19-11-17(31(4)5)12-22(27-19)32-9-7-16(15-25)29-32;1-21(2,15-6-5-7-19(30-15)35-10-8-16(32-35)22(24,25)26)18-12-14(34(3)4)13-20(31-18)36-11-9-17(33-36)23(27,28)29;1-21(2,15-8-12(22)9-18(27-15)31-7-5-17(26-3)30-31)16-10-14(23)19(24)20(28-16)32-6-4-13(11-25)29-32;1-19(2,13-4-3-5-16(23-13)27-10-8-14(21)25-27)18-12(20)6-7-17(24-18)28-11-9-15(22)26-28;;;;/h7-8,11-14H,1-2,4-6H3;5-9,12-13H,1-4H3;4-5,8-10H,1-2H3;3-9H,1-2H3;;;;/q4*-2;4*+2. The summed E-state index contributed by atoms with van der Waals surface area (Å²) in [5.74, 6) is -2.94. The first-order chi connectivity index (χ1) is 61.5. The van der Waals surface area contributed by atoms with Crippen molar-refractivity contribution in [1.82, 2.24) is 118 Å². The van der Waals surface area contributed by atoms with Crippen LogP contribution < -0.4 is 14.5 Å². The van der Waals surface area contributed by atoms with Crippen LogP contribution in [0.2, 0.25) is 0 Å². The Morgan fingerprint density at radius 3 is 1.15 bits per heavy atom. The predicted octanol–water partition coefficient (Wildman–Crippen LogP) is 14.9. The Kier molecular flexibility index (Phi) is 32.5. The number of methoxy groups -OCH3 is 1. The van der Waals surface area contributed by atoms with E-state index in [1.54, 1.807) is 122 Å². The first-order valence-corrected chi connectivity index (χ1v) is 38.0. The van der Waals surface area contributed by atoms with Gasteiger partial charge in [-0.15, -0.1) is 36.4 Å². The van der Waals surface area contributed by atoms with Crippen molar-refractivity contribution in [1.29, 1.82) is 10.5 Å². The molecule has 0 N–H and O–H groups in total. The summed E-state index contributed by atoms with van der Waals surface area (Å²) in [5.41, 5.74) is -1.17. The zero-order valence-corrected chi connectivity index (χ0v) is 80.6. The third kappa shape index (κ3) is 23.1. The molecule has 0 fully saturated rings. The van der Waals surface area contributed by atoms with E-state index in [2.05, 4.69) is 130 Å². The maximum absolute atomic E-state index is 14.6. The molecule has 16 rings (SSSR count). The van der Waals surface area contributed by atoms with Crippen LogP contribution in [0.5, 0.6) is 5.75 Å². The molecule has 134 heavy (non-hydrogen) atoms. The fraction of sp³-hybridized carbons (Fsp3) is 0.218. The van der Waals surface area contributed by atoms with Crippen LogP contribution in [0.4, 0.5) is 75.7 Å². The SMILES string of the molecule is CC(C)(c1cccc(-n2[c-]cc(F)n2)n1)c1nc(-n2[c-]cc(F)n2)ccc1F.CN(C)c1cc(-n2[c-]cc(C(F)(F)F)n2)nc(C(C)(C)c2cccc(-n3[c-]cc(C(F)(F)F)n3)n2)c1.[C-]#[N+]c1c[c-]n(-c2cc(F)cc(C(C)(C)c3cc(F)c(F)c(-n4[c-]cc(C#N)n4)n3)n2)n1.[C-]#[N+]c1c[c-]n(-c2cc(OC)cc(C(C)(C)c3cc(N(C)C)cc(-n4[c-]cc(C#N)n4)n3)n2)n1.[Pt+2].[Pt+2].[Pt+2].[Pt+2]. The molecule has 0 atom stereocenters. The molecule has 0 radical (unpaired) electrons. The first kappa shape index (κ1) is 104.